The van der Waals surface area contributed by atoms with E-state index < -0.39 is 0 Å². The van der Waals surface area contributed by atoms with Crippen molar-refractivity contribution in [1.82, 2.24) is 4.90 Å². The van der Waals surface area contributed by atoms with Crippen LogP contribution in [0.4, 0.5) is 0 Å². The molecule has 1 aliphatic heterocycles. The van der Waals surface area contributed by atoms with Crippen LogP contribution in [0.25, 0.3) is 0 Å². The molecule has 2 aliphatic rings. The summed E-state index contributed by atoms with van der Waals surface area (Å²) >= 11 is 0. The predicted octanol–water partition coefficient (Wildman–Crippen LogP) is 12.7. The molecule has 1 aromatic carbocycles. The molecular formula is C43H79NO3. The third-order valence-electron chi connectivity index (χ3n) is 8.06. The Hall–Kier alpha value is -2.20. The summed E-state index contributed by atoms with van der Waals surface area (Å²) in [6, 6.07) is 6.83. The molecule has 4 heteroatoms. The maximum Gasteiger partial charge on any atom is 0.159 e. The van der Waals surface area contributed by atoms with Gasteiger partial charge < -0.3 is 14.4 Å². The first-order valence-corrected chi connectivity index (χ1v) is 19.3. The van der Waals surface area contributed by atoms with E-state index in [4.69, 9.17) is 4.74 Å². The van der Waals surface area contributed by atoms with Gasteiger partial charge in [-0.15, -0.1) is 0 Å². The average Bonchev–Trinajstić information content (AvgIpc) is 3.57. The second kappa shape index (κ2) is 35.1. The van der Waals surface area contributed by atoms with E-state index in [0.29, 0.717) is 6.42 Å². The maximum atomic E-state index is 11.1. The number of hydrogen-bond acceptors (Lipinski definition) is 4. The van der Waals surface area contributed by atoms with Gasteiger partial charge in [0, 0.05) is 18.4 Å². The number of allylic oxidation sites excluding steroid dienone is 4. The number of carbonyl (C=O) groups excluding carboxylic acids is 2. The monoisotopic (exact) mass is 658 g/mol. The van der Waals surface area contributed by atoms with Crippen LogP contribution < -0.4 is 4.74 Å². The van der Waals surface area contributed by atoms with Crippen LogP contribution >= 0.6 is 0 Å². The molecule has 0 bridgehead atoms. The molecule has 1 aliphatic carbocycles. The fraction of sp³-hybridized carbons (Fsp3) is 0.721. The molecule has 0 amide bonds. The maximum absolute atomic E-state index is 11.1. The number of unbranched alkanes of at least 4 members (excludes halogenated alkanes) is 3. The minimum atomic E-state index is 0.206. The van der Waals surface area contributed by atoms with E-state index in [1.807, 2.05) is 26.8 Å². The van der Waals surface area contributed by atoms with Crippen molar-refractivity contribution >= 4 is 12.1 Å². The smallest absolute Gasteiger partial charge is 0.159 e. The molecule has 2 atom stereocenters. The van der Waals surface area contributed by atoms with Crippen molar-refractivity contribution in [3.05, 3.63) is 52.6 Å². The molecule has 2 unspecified atom stereocenters. The lowest BCUT2D eigenvalue weighted by Gasteiger charge is -2.20. The molecule has 274 valence electrons. The number of Topliss-reactive ketones (excluding diaryl/α,β-unsaturated/α-hetero) is 1. The molecule has 3 rings (SSSR count). The number of hydrogen-bond donors (Lipinski definition) is 0. The number of ether oxygens (including phenoxy) is 1. The Morgan fingerprint density at radius 1 is 0.936 bits per heavy atom. The first kappa shape index (κ1) is 49.2. The predicted molar refractivity (Wildman–Crippen MR) is 210 cm³/mol. The van der Waals surface area contributed by atoms with Crippen molar-refractivity contribution in [2.24, 2.45) is 5.92 Å². The summed E-state index contributed by atoms with van der Waals surface area (Å²) in [7, 11) is 4.21. The van der Waals surface area contributed by atoms with Crippen molar-refractivity contribution < 1.29 is 14.3 Å². The Bertz CT molecular complexity index is 929. The molecule has 0 spiro atoms. The first-order chi connectivity index (χ1) is 22.6. The lowest BCUT2D eigenvalue weighted by molar-refractivity contribution is -0.113. The van der Waals surface area contributed by atoms with E-state index in [-0.39, 0.29) is 5.78 Å². The van der Waals surface area contributed by atoms with Crippen LogP contribution in [0.2, 0.25) is 0 Å². The summed E-state index contributed by atoms with van der Waals surface area (Å²) in [5.41, 5.74) is 5.19. The van der Waals surface area contributed by atoms with Crippen LogP contribution in [-0.4, -0.2) is 44.2 Å². The topological polar surface area (TPSA) is 46.6 Å². The summed E-state index contributed by atoms with van der Waals surface area (Å²) < 4.78 is 5.59. The van der Waals surface area contributed by atoms with Gasteiger partial charge >= 0.3 is 0 Å². The van der Waals surface area contributed by atoms with Crippen molar-refractivity contribution in [2.75, 3.05) is 27.2 Å². The molecule has 0 saturated heterocycles. The zero-order valence-electron chi connectivity index (χ0n) is 33.6. The van der Waals surface area contributed by atoms with Gasteiger partial charge in [0.05, 0.1) is 6.61 Å². The lowest BCUT2D eigenvalue weighted by atomic mass is 9.85. The SMILES string of the molecule is CC.CCC1=C(C(C)=O)C=CCC1.CCC=O.CCCC(C)CC(CC)c1ccc2c(c1)CCO2.CCCCC.CCCCN(C)C. The highest BCUT2D eigenvalue weighted by Gasteiger charge is 2.17. The van der Waals surface area contributed by atoms with Crippen LogP contribution in [0.1, 0.15) is 177 Å². The molecule has 0 N–H and O–H groups in total. The molecule has 47 heavy (non-hydrogen) atoms. The average molecular weight is 658 g/mol. The Labute approximate surface area is 294 Å². The molecule has 1 heterocycles. The zero-order valence-corrected chi connectivity index (χ0v) is 33.6. The van der Waals surface area contributed by atoms with E-state index in [0.717, 1.165) is 61.7 Å². The first-order valence-electron chi connectivity index (χ1n) is 19.3. The van der Waals surface area contributed by atoms with Crippen molar-refractivity contribution in [1.29, 1.82) is 0 Å². The minimum Gasteiger partial charge on any atom is -0.493 e. The minimum absolute atomic E-state index is 0.206. The molecule has 0 aromatic heterocycles. The van der Waals surface area contributed by atoms with Gasteiger partial charge in [-0.1, -0.05) is 138 Å². The second-order valence-electron chi connectivity index (χ2n) is 12.7. The van der Waals surface area contributed by atoms with Gasteiger partial charge in [-0.25, -0.2) is 0 Å². The molecule has 4 nitrogen and oxygen atoms in total. The Kier molecular flexibility index (Phi) is 36.8. The van der Waals surface area contributed by atoms with Crippen molar-refractivity contribution in [3.8, 4) is 5.75 Å². The Morgan fingerprint density at radius 2 is 1.55 bits per heavy atom. The van der Waals surface area contributed by atoms with E-state index >= 15 is 0 Å². The largest absolute Gasteiger partial charge is 0.493 e. The van der Waals surface area contributed by atoms with Crippen molar-refractivity contribution in [3.63, 3.8) is 0 Å². The van der Waals surface area contributed by atoms with E-state index in [9.17, 15) is 9.59 Å². The van der Waals surface area contributed by atoms with Gasteiger partial charge in [-0.3, -0.25) is 4.79 Å². The zero-order chi connectivity index (χ0) is 36.5. The molecule has 0 fully saturated rings. The lowest BCUT2D eigenvalue weighted by Crippen LogP contribution is -2.12. The Morgan fingerprint density at radius 3 is 1.96 bits per heavy atom. The van der Waals surface area contributed by atoms with Crippen LogP contribution in [0.5, 0.6) is 5.75 Å². The number of rotatable bonds is 14. The van der Waals surface area contributed by atoms with Gasteiger partial charge in [0.25, 0.3) is 0 Å². The molecule has 1 aromatic rings. The van der Waals surface area contributed by atoms with Gasteiger partial charge in [0.1, 0.15) is 12.0 Å². The van der Waals surface area contributed by atoms with Gasteiger partial charge in [0.15, 0.2) is 5.78 Å². The second-order valence-corrected chi connectivity index (χ2v) is 12.7. The highest BCUT2D eigenvalue weighted by molar-refractivity contribution is 5.97. The number of carbonyl (C=O) groups is 2. The van der Waals surface area contributed by atoms with Gasteiger partial charge in [-0.05, 0) is 95.1 Å². The van der Waals surface area contributed by atoms with E-state index in [2.05, 4.69) is 91.7 Å². The van der Waals surface area contributed by atoms with E-state index in [1.54, 1.807) is 6.92 Å². The third kappa shape index (κ3) is 26.4. The quantitative estimate of drug-likeness (QED) is 0.187. The highest BCUT2D eigenvalue weighted by atomic mass is 16.5. The summed E-state index contributed by atoms with van der Waals surface area (Å²) in [5, 5.41) is 0. The van der Waals surface area contributed by atoms with Crippen molar-refractivity contribution in [2.45, 2.75) is 172 Å². The fourth-order valence-electron chi connectivity index (χ4n) is 5.37. The number of fused-ring (bicyclic) bond motifs is 1. The highest BCUT2D eigenvalue weighted by Crippen LogP contribution is 2.33. The van der Waals surface area contributed by atoms with Crippen LogP contribution in [0.3, 0.4) is 0 Å². The number of aldehydes is 1. The fourth-order valence-corrected chi connectivity index (χ4v) is 5.37. The number of benzene rings is 1. The summed E-state index contributed by atoms with van der Waals surface area (Å²) in [4.78, 5) is 22.4. The number of nitrogens with zero attached hydrogens (tertiary/aromatic N) is 1. The molecule has 0 radical (unpaired) electrons. The molecule has 0 saturated carbocycles. The van der Waals surface area contributed by atoms with E-state index in [1.165, 1.54) is 81.0 Å². The third-order valence-corrected chi connectivity index (χ3v) is 8.06. The summed E-state index contributed by atoms with van der Waals surface area (Å²) in [6.45, 7) is 25.3. The normalized spacial score (nSPS) is 13.7. The summed E-state index contributed by atoms with van der Waals surface area (Å²) in [6.07, 6.45) is 21.8. The van der Waals surface area contributed by atoms with Gasteiger partial charge in [-0.2, -0.15) is 0 Å². The van der Waals surface area contributed by atoms with Crippen LogP contribution in [0.15, 0.2) is 41.5 Å². The molecular weight excluding hydrogens is 578 g/mol. The Balaban J connectivity index is -0.000000571. The van der Waals surface area contributed by atoms with Crippen LogP contribution in [0, 0.1) is 5.92 Å². The summed E-state index contributed by atoms with van der Waals surface area (Å²) in [5.74, 6) is 2.87. The standard InChI is InChI=1S/C17H26O.C10H14O.C6H15N.C5H12.C3H6O.C2H6/c1-4-6-13(3)11-14(5-2)15-7-8-17-16(12-15)9-10-18-17;1-3-9-6-4-5-7-10(9)8(2)11;1-4-5-6-7(2)3;1-3-5-4-2;1-2-3-4;1-2/h7-8,12-14H,4-6,9-11H2,1-3H3;5,7H,3-4,6H2,1-2H3;4-6H2,1-3H3;3-5H2,1-2H3;3H,2H2,1H3;1-2H3. The van der Waals surface area contributed by atoms with Crippen LogP contribution in [-0.2, 0) is 16.0 Å². The number of ketones is 1. The van der Waals surface area contributed by atoms with Gasteiger partial charge in [0.2, 0.25) is 0 Å².